The van der Waals surface area contributed by atoms with E-state index in [9.17, 15) is 0 Å². The number of pyridine rings is 1. The first-order valence-electron chi connectivity index (χ1n) is 5.12. The number of hydrogen-bond donors (Lipinski definition) is 1. The maximum absolute atomic E-state index is 8.66. The van der Waals surface area contributed by atoms with Gasteiger partial charge < -0.3 is 10.5 Å². The van der Waals surface area contributed by atoms with Crippen molar-refractivity contribution < 1.29 is 4.74 Å². The zero-order valence-electron chi connectivity index (χ0n) is 9.13. The van der Waals surface area contributed by atoms with Crippen LogP contribution in [0.4, 0.5) is 5.82 Å². The molecule has 4 heteroatoms. The minimum atomic E-state index is 0.367. The predicted molar refractivity (Wildman–Crippen MR) is 64.1 cm³/mol. The van der Waals surface area contributed by atoms with Gasteiger partial charge in [-0.2, -0.15) is 5.26 Å². The van der Waals surface area contributed by atoms with Crippen LogP contribution in [0.2, 0.25) is 0 Å². The molecule has 0 amide bonds. The second-order valence-corrected chi connectivity index (χ2v) is 3.47. The van der Waals surface area contributed by atoms with Crippen LogP contribution in [0.1, 0.15) is 11.1 Å². The summed E-state index contributed by atoms with van der Waals surface area (Å²) in [5.74, 6) is 1.17. The molecule has 2 aromatic rings. The highest BCUT2D eigenvalue weighted by atomic mass is 16.5. The fourth-order valence-corrected chi connectivity index (χ4v) is 1.36. The van der Waals surface area contributed by atoms with Gasteiger partial charge in [0.15, 0.2) is 0 Å². The summed E-state index contributed by atoms with van der Waals surface area (Å²) >= 11 is 0. The summed E-state index contributed by atoms with van der Waals surface area (Å²) in [4.78, 5) is 3.97. The highest BCUT2D eigenvalue weighted by Gasteiger charge is 2.00. The predicted octanol–water partition coefficient (Wildman–Crippen LogP) is 2.11. The average Bonchev–Trinajstić information content (AvgIpc) is 2.38. The second kappa shape index (κ2) is 4.99. The molecule has 0 radical (unpaired) electrons. The summed E-state index contributed by atoms with van der Waals surface area (Å²) < 4.78 is 5.54. The third-order valence-corrected chi connectivity index (χ3v) is 2.30. The number of anilines is 1. The zero-order valence-corrected chi connectivity index (χ0v) is 9.13. The molecule has 0 aliphatic rings. The number of nitrogens with zero attached hydrogens (tertiary/aromatic N) is 2. The van der Waals surface area contributed by atoms with Crippen molar-refractivity contribution >= 4 is 5.82 Å². The smallest absolute Gasteiger partial charge is 0.129 e. The first kappa shape index (κ1) is 11.0. The van der Waals surface area contributed by atoms with E-state index in [4.69, 9.17) is 15.7 Å². The van der Waals surface area contributed by atoms with Crippen molar-refractivity contribution in [2.24, 2.45) is 0 Å². The Bertz CT molecular complexity index is 543. The van der Waals surface area contributed by atoms with Crippen molar-refractivity contribution in [2.75, 3.05) is 5.73 Å². The molecule has 4 nitrogen and oxygen atoms in total. The highest BCUT2D eigenvalue weighted by Crippen LogP contribution is 2.15. The van der Waals surface area contributed by atoms with E-state index in [2.05, 4.69) is 11.1 Å². The van der Waals surface area contributed by atoms with E-state index in [0.29, 0.717) is 23.7 Å². The van der Waals surface area contributed by atoms with E-state index in [-0.39, 0.29) is 0 Å². The monoisotopic (exact) mass is 225 g/mol. The van der Waals surface area contributed by atoms with Crippen LogP contribution in [0.3, 0.4) is 0 Å². The van der Waals surface area contributed by atoms with E-state index in [1.807, 2.05) is 12.1 Å². The van der Waals surface area contributed by atoms with Gasteiger partial charge in [-0.3, -0.25) is 0 Å². The lowest BCUT2D eigenvalue weighted by molar-refractivity contribution is 0.306. The molecule has 0 fully saturated rings. The molecule has 84 valence electrons. The molecule has 0 saturated heterocycles. The third-order valence-electron chi connectivity index (χ3n) is 2.30. The zero-order chi connectivity index (χ0) is 12.1. The quantitative estimate of drug-likeness (QED) is 0.868. The van der Waals surface area contributed by atoms with E-state index in [1.165, 1.54) is 0 Å². The maximum Gasteiger partial charge on any atom is 0.129 e. The number of ether oxygens (including phenoxy) is 1. The molecule has 0 saturated carbocycles. The van der Waals surface area contributed by atoms with Crippen LogP contribution in [0.25, 0.3) is 0 Å². The molecule has 1 heterocycles. The van der Waals surface area contributed by atoms with Gasteiger partial charge in [-0.15, -0.1) is 0 Å². The maximum atomic E-state index is 8.66. The molecule has 1 aromatic carbocycles. The Morgan fingerprint density at radius 3 is 2.65 bits per heavy atom. The van der Waals surface area contributed by atoms with Gasteiger partial charge in [0.1, 0.15) is 18.2 Å². The van der Waals surface area contributed by atoms with Crippen molar-refractivity contribution in [1.29, 1.82) is 5.26 Å². The van der Waals surface area contributed by atoms with Crippen LogP contribution in [0, 0.1) is 11.3 Å². The molecular formula is C13H11N3O. The number of rotatable bonds is 3. The Hall–Kier alpha value is -2.54. The SMILES string of the molecule is N#Cc1ccc(OCc2cccnc2N)cc1. The number of nitrogen functional groups attached to an aromatic ring is 1. The van der Waals surface area contributed by atoms with E-state index in [1.54, 1.807) is 30.5 Å². The first-order valence-corrected chi connectivity index (χ1v) is 5.12. The molecule has 1 aromatic heterocycles. The largest absolute Gasteiger partial charge is 0.489 e. The fraction of sp³-hybridized carbons (Fsp3) is 0.0769. The second-order valence-electron chi connectivity index (χ2n) is 3.47. The molecular weight excluding hydrogens is 214 g/mol. The normalized spacial score (nSPS) is 9.59. The average molecular weight is 225 g/mol. The minimum absolute atomic E-state index is 0.367. The standard InChI is InChI=1S/C13H11N3O/c14-8-10-3-5-12(6-4-10)17-9-11-2-1-7-16-13(11)15/h1-7H,9H2,(H2,15,16). The van der Waals surface area contributed by atoms with Gasteiger partial charge in [-0.05, 0) is 30.3 Å². The summed E-state index contributed by atoms with van der Waals surface area (Å²) in [5, 5.41) is 8.66. The van der Waals surface area contributed by atoms with Gasteiger partial charge in [0.05, 0.1) is 11.6 Å². The lowest BCUT2D eigenvalue weighted by Crippen LogP contribution is -2.01. The van der Waals surface area contributed by atoms with Crippen molar-refractivity contribution in [3.8, 4) is 11.8 Å². The number of hydrogen-bond acceptors (Lipinski definition) is 4. The van der Waals surface area contributed by atoms with E-state index in [0.717, 1.165) is 5.56 Å². The molecule has 0 atom stereocenters. The molecule has 2 N–H and O–H groups in total. The Morgan fingerprint density at radius 2 is 2.00 bits per heavy atom. The summed E-state index contributed by atoms with van der Waals surface area (Å²) in [6.45, 7) is 0.367. The lowest BCUT2D eigenvalue weighted by atomic mass is 10.2. The van der Waals surface area contributed by atoms with Crippen molar-refractivity contribution in [2.45, 2.75) is 6.61 Å². The highest BCUT2D eigenvalue weighted by molar-refractivity contribution is 5.39. The molecule has 0 aliphatic heterocycles. The van der Waals surface area contributed by atoms with Gasteiger partial charge in [0.2, 0.25) is 0 Å². The van der Waals surface area contributed by atoms with Gasteiger partial charge in [0.25, 0.3) is 0 Å². The van der Waals surface area contributed by atoms with Crippen molar-refractivity contribution in [3.63, 3.8) is 0 Å². The van der Waals surface area contributed by atoms with E-state index < -0.39 is 0 Å². The van der Waals surface area contributed by atoms with Gasteiger partial charge >= 0.3 is 0 Å². The minimum Gasteiger partial charge on any atom is -0.489 e. The number of nitrogens with two attached hydrogens (primary N) is 1. The molecule has 0 bridgehead atoms. The number of benzene rings is 1. The Balaban J connectivity index is 2.03. The lowest BCUT2D eigenvalue weighted by Gasteiger charge is -2.07. The third kappa shape index (κ3) is 2.73. The van der Waals surface area contributed by atoms with Gasteiger partial charge in [-0.1, -0.05) is 6.07 Å². The number of nitriles is 1. The van der Waals surface area contributed by atoms with Crippen LogP contribution in [-0.2, 0) is 6.61 Å². The molecule has 0 aliphatic carbocycles. The summed E-state index contributed by atoms with van der Waals surface area (Å²) in [5.41, 5.74) is 7.15. The van der Waals surface area contributed by atoms with Crippen LogP contribution >= 0.6 is 0 Å². The fourth-order valence-electron chi connectivity index (χ4n) is 1.36. The summed E-state index contributed by atoms with van der Waals surface area (Å²) in [6, 6.07) is 12.7. The Kier molecular flexibility index (Phi) is 3.22. The Morgan fingerprint density at radius 1 is 1.24 bits per heavy atom. The number of aromatic nitrogens is 1. The summed E-state index contributed by atoms with van der Waals surface area (Å²) in [6.07, 6.45) is 1.64. The van der Waals surface area contributed by atoms with Gasteiger partial charge in [0, 0.05) is 11.8 Å². The van der Waals surface area contributed by atoms with E-state index >= 15 is 0 Å². The molecule has 17 heavy (non-hydrogen) atoms. The van der Waals surface area contributed by atoms with Crippen molar-refractivity contribution in [3.05, 3.63) is 53.7 Å². The molecule has 0 unspecified atom stereocenters. The summed E-state index contributed by atoms with van der Waals surface area (Å²) in [7, 11) is 0. The topological polar surface area (TPSA) is 71.9 Å². The van der Waals surface area contributed by atoms with Crippen molar-refractivity contribution in [1.82, 2.24) is 4.98 Å². The van der Waals surface area contributed by atoms with Crippen LogP contribution in [0.15, 0.2) is 42.6 Å². The Labute approximate surface area is 99.3 Å². The molecule has 2 rings (SSSR count). The molecule has 0 spiro atoms. The first-order chi connectivity index (χ1) is 8.29. The van der Waals surface area contributed by atoms with Crippen LogP contribution < -0.4 is 10.5 Å². The van der Waals surface area contributed by atoms with Crippen LogP contribution in [-0.4, -0.2) is 4.98 Å². The van der Waals surface area contributed by atoms with Crippen LogP contribution in [0.5, 0.6) is 5.75 Å². The van der Waals surface area contributed by atoms with Gasteiger partial charge in [-0.25, -0.2) is 4.98 Å².